The number of alkyl halides is 15. The van der Waals surface area contributed by atoms with Crippen molar-refractivity contribution in [1.29, 1.82) is 0 Å². The second-order valence-corrected chi connectivity index (χ2v) is 6.38. The van der Waals surface area contributed by atoms with Gasteiger partial charge in [0.2, 0.25) is 0 Å². The Morgan fingerprint density at radius 1 is 0.606 bits per heavy atom. The van der Waals surface area contributed by atoms with Crippen LogP contribution in [0.5, 0.6) is 0 Å². The minimum atomic E-state index is -8.41. The summed E-state index contributed by atoms with van der Waals surface area (Å²) >= 11 is 0. The van der Waals surface area contributed by atoms with Crippen molar-refractivity contribution < 1.29 is 65.9 Å². The van der Waals surface area contributed by atoms with Gasteiger partial charge in [-0.2, -0.15) is 65.9 Å². The number of benzene rings is 1. The topological polar surface area (TPSA) is 45.8 Å². The number of aromatic nitrogens is 2. The molecule has 0 saturated carbocycles. The molecule has 0 aliphatic carbocycles. The van der Waals surface area contributed by atoms with Crippen molar-refractivity contribution in [3.05, 3.63) is 40.4 Å². The summed E-state index contributed by atoms with van der Waals surface area (Å²) < 4.78 is 199. The van der Waals surface area contributed by atoms with Crippen LogP contribution < -0.4 is 5.56 Å². The zero-order chi connectivity index (χ0) is 26.1. The van der Waals surface area contributed by atoms with E-state index in [2.05, 4.69) is 4.98 Å². The first kappa shape index (κ1) is 26.6. The maximum atomic E-state index is 14.1. The Balaban J connectivity index is 2.71. The summed E-state index contributed by atoms with van der Waals surface area (Å²) in [6.07, 6.45) is -7.68. The Kier molecular flexibility index (Phi) is 5.76. The van der Waals surface area contributed by atoms with Crippen LogP contribution >= 0.6 is 0 Å². The van der Waals surface area contributed by atoms with Gasteiger partial charge in [0, 0.05) is 0 Å². The first-order chi connectivity index (χ1) is 14.5. The van der Waals surface area contributed by atoms with E-state index in [1.165, 1.54) is 0 Å². The fourth-order valence-electron chi connectivity index (χ4n) is 2.35. The zero-order valence-electron chi connectivity index (χ0n) is 14.8. The molecule has 0 radical (unpaired) electrons. The summed E-state index contributed by atoms with van der Waals surface area (Å²) in [6.45, 7) is 0. The molecule has 2 aromatic rings. The van der Waals surface area contributed by atoms with Crippen molar-refractivity contribution in [2.75, 3.05) is 0 Å². The Hall–Kier alpha value is -2.69. The van der Waals surface area contributed by atoms with Gasteiger partial charge in [0.15, 0.2) is 5.82 Å². The maximum absolute atomic E-state index is 14.1. The van der Waals surface area contributed by atoms with E-state index >= 15 is 0 Å². The molecule has 1 heterocycles. The summed E-state index contributed by atoms with van der Waals surface area (Å²) in [7, 11) is 0. The van der Waals surface area contributed by atoms with Gasteiger partial charge in [-0.3, -0.25) is 4.79 Å². The lowest BCUT2D eigenvalue weighted by molar-refractivity contribution is -0.454. The number of hydrogen-bond donors (Lipinski definition) is 1. The minimum absolute atomic E-state index is 0.617. The number of fused-ring (bicyclic) bond motifs is 1. The highest BCUT2D eigenvalue weighted by atomic mass is 19.4. The van der Waals surface area contributed by atoms with Crippen molar-refractivity contribution >= 4 is 10.9 Å². The fourth-order valence-corrected chi connectivity index (χ4v) is 2.35. The second-order valence-electron chi connectivity index (χ2n) is 6.38. The normalized spacial score (nSPS) is 15.2. The van der Waals surface area contributed by atoms with Gasteiger partial charge in [0.25, 0.3) is 5.56 Å². The number of hydrogen-bond acceptors (Lipinski definition) is 2. The van der Waals surface area contributed by atoms with Crippen LogP contribution in [-0.4, -0.2) is 45.8 Å². The Labute approximate surface area is 170 Å². The average molecular weight is 514 g/mol. The molecule has 0 amide bonds. The Bertz CT molecular complexity index is 1100. The molecule has 0 bridgehead atoms. The van der Waals surface area contributed by atoms with Crippen LogP contribution in [-0.2, 0) is 5.92 Å². The Morgan fingerprint density at radius 3 is 1.52 bits per heavy atom. The molecule has 18 heteroatoms. The van der Waals surface area contributed by atoms with Crippen LogP contribution in [0, 0.1) is 0 Å². The fraction of sp³-hybridized carbons (Fsp3) is 0.467. The molecule has 1 aromatic carbocycles. The Morgan fingerprint density at radius 2 is 1.03 bits per heavy atom. The summed E-state index contributed by atoms with van der Waals surface area (Å²) in [4.78, 5) is 15.1. The van der Waals surface area contributed by atoms with Crippen molar-refractivity contribution in [3.8, 4) is 0 Å². The number of aromatic amines is 1. The summed E-state index contributed by atoms with van der Waals surface area (Å²) in [5, 5.41) is -0.617. The lowest BCUT2D eigenvalue weighted by Gasteiger charge is -2.41. The smallest absolute Gasteiger partial charge is 0.305 e. The first-order valence-electron chi connectivity index (χ1n) is 7.81. The molecular formula is C15H5F15N2O. The summed E-state index contributed by atoms with van der Waals surface area (Å²) in [5.41, 5.74) is -2.63. The third-order valence-electron chi connectivity index (χ3n) is 4.24. The van der Waals surface area contributed by atoms with Gasteiger partial charge in [-0.25, -0.2) is 4.98 Å². The van der Waals surface area contributed by atoms with Gasteiger partial charge in [-0.15, -0.1) is 0 Å². The lowest BCUT2D eigenvalue weighted by atomic mass is 9.91. The van der Waals surface area contributed by atoms with E-state index < -0.39 is 64.0 Å². The number of halogens is 15. The van der Waals surface area contributed by atoms with E-state index in [0.29, 0.717) is 6.07 Å². The van der Waals surface area contributed by atoms with E-state index in [0.717, 1.165) is 23.2 Å². The summed E-state index contributed by atoms with van der Waals surface area (Å²) in [6, 6.07) is 3.57. The average Bonchev–Trinajstić information content (AvgIpc) is 2.66. The number of nitrogens with zero attached hydrogens (tertiary/aromatic N) is 1. The van der Waals surface area contributed by atoms with Crippen LogP contribution in [0.3, 0.4) is 0 Å². The predicted molar refractivity (Wildman–Crippen MR) is 77.0 cm³/mol. The van der Waals surface area contributed by atoms with Crippen molar-refractivity contribution in [2.45, 2.75) is 41.7 Å². The van der Waals surface area contributed by atoms with Gasteiger partial charge < -0.3 is 4.98 Å². The largest absolute Gasteiger partial charge is 0.460 e. The van der Waals surface area contributed by atoms with Crippen molar-refractivity contribution in [2.24, 2.45) is 0 Å². The molecule has 1 aromatic heterocycles. The number of nitrogens with one attached hydrogen (secondary N) is 1. The van der Waals surface area contributed by atoms with Crippen LogP contribution in [0.25, 0.3) is 10.9 Å². The van der Waals surface area contributed by atoms with E-state index in [9.17, 15) is 70.7 Å². The van der Waals surface area contributed by atoms with E-state index in [-0.39, 0.29) is 0 Å². The molecule has 3 nitrogen and oxygen atoms in total. The molecule has 2 rings (SSSR count). The van der Waals surface area contributed by atoms with Gasteiger partial charge in [0.1, 0.15) is 0 Å². The van der Waals surface area contributed by atoms with Gasteiger partial charge in [-0.05, 0) is 12.1 Å². The highest BCUT2D eigenvalue weighted by Crippen LogP contribution is 2.63. The minimum Gasteiger partial charge on any atom is -0.305 e. The van der Waals surface area contributed by atoms with Gasteiger partial charge in [0.05, 0.1) is 10.9 Å². The SMILES string of the molecule is O=c1[nH]c(C(F)(F)C(F)(F)C(F)(F)C(F)(F)C(F)(F)C(F)(F)C(F)(F)F)nc2ccccc12. The number of rotatable bonds is 6. The van der Waals surface area contributed by atoms with Gasteiger partial charge >= 0.3 is 41.7 Å². The molecule has 1 N–H and O–H groups in total. The van der Waals surface area contributed by atoms with Crippen LogP contribution in [0.15, 0.2) is 29.1 Å². The van der Waals surface area contributed by atoms with E-state index in [1.807, 2.05) is 0 Å². The van der Waals surface area contributed by atoms with E-state index in [4.69, 9.17) is 0 Å². The molecule has 0 spiro atoms. The maximum Gasteiger partial charge on any atom is 0.460 e. The number of H-pyrrole nitrogens is 1. The molecule has 0 fully saturated rings. The highest BCUT2D eigenvalue weighted by Gasteiger charge is 2.93. The number of para-hydroxylation sites is 1. The quantitative estimate of drug-likeness (QED) is 0.499. The molecule has 0 aliphatic rings. The van der Waals surface area contributed by atoms with E-state index in [1.54, 1.807) is 0 Å². The first-order valence-corrected chi connectivity index (χ1v) is 7.81. The highest BCUT2D eigenvalue weighted by molar-refractivity contribution is 5.77. The third-order valence-corrected chi connectivity index (χ3v) is 4.24. The molecule has 186 valence electrons. The van der Waals surface area contributed by atoms with Crippen LogP contribution in [0.2, 0.25) is 0 Å². The third kappa shape index (κ3) is 3.39. The zero-order valence-corrected chi connectivity index (χ0v) is 14.8. The monoisotopic (exact) mass is 514 g/mol. The second kappa shape index (κ2) is 7.15. The van der Waals surface area contributed by atoms with Crippen LogP contribution in [0.4, 0.5) is 65.9 Å². The standard InChI is InChI=1S/C15H5F15N2O/c16-9(17,8-31-6-4-2-1-3-5(6)7(33)32-8)10(18,19)11(20,21)12(22,23)13(24,25)14(26,27)15(28,29)30/h1-4H,(H,31,32,33). The lowest BCUT2D eigenvalue weighted by Crippen LogP contribution is -2.72. The van der Waals surface area contributed by atoms with Crippen molar-refractivity contribution in [1.82, 2.24) is 9.97 Å². The van der Waals surface area contributed by atoms with Gasteiger partial charge in [-0.1, -0.05) is 12.1 Å². The molecule has 0 atom stereocenters. The molecule has 0 saturated heterocycles. The predicted octanol–water partition coefficient (Wildman–Crippen LogP) is 5.75. The molecule has 0 aliphatic heterocycles. The summed E-state index contributed by atoms with van der Waals surface area (Å²) in [5.74, 6) is -50.5. The molecular weight excluding hydrogens is 509 g/mol. The molecule has 0 unspecified atom stereocenters. The van der Waals surface area contributed by atoms with Crippen LogP contribution in [0.1, 0.15) is 5.82 Å². The molecule has 33 heavy (non-hydrogen) atoms. The van der Waals surface area contributed by atoms with Crippen molar-refractivity contribution in [3.63, 3.8) is 0 Å².